The molecule has 4 heteroatoms. The molecule has 0 saturated heterocycles. The maximum atomic E-state index is 5.06. The predicted molar refractivity (Wildman–Crippen MR) is 40.8 cm³/mol. The molecule has 0 aliphatic carbocycles. The average Bonchev–Trinajstić information content (AvgIpc) is 2.31. The van der Waals surface area contributed by atoms with Crippen molar-refractivity contribution in [2.24, 2.45) is 0 Å². The molecule has 1 rings (SSSR count). The Bertz CT molecular complexity index is 248. The number of aromatic amines is 1. The number of terminal acetylenes is 1. The first-order valence-corrected chi connectivity index (χ1v) is 3.31. The van der Waals surface area contributed by atoms with E-state index in [0.29, 0.717) is 11.4 Å². The maximum absolute atomic E-state index is 5.06. The Morgan fingerprint density at radius 1 is 1.70 bits per heavy atom. The number of H-pyrrole nitrogens is 1. The minimum absolute atomic E-state index is 0.681. The van der Waals surface area contributed by atoms with Crippen molar-refractivity contribution in [3.8, 4) is 12.3 Å². The molecule has 1 aromatic rings. The van der Waals surface area contributed by atoms with Gasteiger partial charge < -0.3 is 0 Å². The number of hydrogen-bond acceptors (Lipinski definition) is 3. The zero-order valence-electron chi connectivity index (χ0n) is 5.33. The van der Waals surface area contributed by atoms with Gasteiger partial charge in [0.2, 0.25) is 0 Å². The van der Waals surface area contributed by atoms with Crippen molar-refractivity contribution in [1.29, 1.82) is 0 Å². The van der Waals surface area contributed by atoms with Gasteiger partial charge in [-0.15, -0.1) is 30.1 Å². The molecule has 1 aromatic heterocycles. The maximum Gasteiger partial charge on any atom is 0.111 e. The Morgan fingerprint density at radius 2 is 2.50 bits per heavy atom. The Hall–Kier alpha value is -0.950. The minimum Gasteiger partial charge on any atom is -0.252 e. The van der Waals surface area contributed by atoms with Gasteiger partial charge in [-0.05, 0) is 0 Å². The Labute approximate surface area is 64.6 Å². The zero-order chi connectivity index (χ0) is 7.40. The number of rotatable bonds is 2. The van der Waals surface area contributed by atoms with E-state index in [1.807, 2.05) is 0 Å². The van der Waals surface area contributed by atoms with E-state index >= 15 is 0 Å². The van der Waals surface area contributed by atoms with E-state index in [1.54, 1.807) is 0 Å². The highest BCUT2D eigenvalue weighted by atomic mass is 32.1. The number of aryl methyl sites for hydroxylation is 1. The standard InChI is InChI=1S/C6H7N3S/c1-2-3-4-5-6(10)8-9-7-5/h1H,3-4H2,(H2,7,8,9,10). The summed E-state index contributed by atoms with van der Waals surface area (Å²) in [6, 6.07) is 0. The van der Waals surface area contributed by atoms with Crippen LogP contribution in [0.5, 0.6) is 0 Å². The van der Waals surface area contributed by atoms with Gasteiger partial charge in [0.25, 0.3) is 0 Å². The van der Waals surface area contributed by atoms with Gasteiger partial charge in [-0.3, -0.25) is 5.10 Å². The first-order chi connectivity index (χ1) is 4.84. The summed E-state index contributed by atoms with van der Waals surface area (Å²) in [7, 11) is 0. The first-order valence-electron chi connectivity index (χ1n) is 2.87. The van der Waals surface area contributed by atoms with Crippen molar-refractivity contribution in [2.45, 2.75) is 17.9 Å². The van der Waals surface area contributed by atoms with Crippen molar-refractivity contribution < 1.29 is 0 Å². The van der Waals surface area contributed by atoms with Crippen LogP contribution in [-0.4, -0.2) is 15.4 Å². The summed E-state index contributed by atoms with van der Waals surface area (Å²) in [4.78, 5) is 0. The molecular formula is C6H7N3S. The molecule has 1 heterocycles. The van der Waals surface area contributed by atoms with Crippen LogP contribution in [0.4, 0.5) is 0 Å². The van der Waals surface area contributed by atoms with Gasteiger partial charge in [-0.1, -0.05) is 5.21 Å². The second-order valence-corrected chi connectivity index (χ2v) is 2.26. The fourth-order valence-electron chi connectivity index (χ4n) is 0.604. The summed E-state index contributed by atoms with van der Waals surface area (Å²) < 4.78 is 0. The smallest absolute Gasteiger partial charge is 0.111 e. The molecule has 1 N–H and O–H groups in total. The first kappa shape index (κ1) is 7.16. The number of hydrogen-bond donors (Lipinski definition) is 2. The molecule has 10 heavy (non-hydrogen) atoms. The molecular weight excluding hydrogens is 146 g/mol. The lowest BCUT2D eigenvalue weighted by Crippen LogP contribution is -1.84. The van der Waals surface area contributed by atoms with Gasteiger partial charge in [0, 0.05) is 12.8 Å². The normalized spacial score (nSPS) is 9.20. The van der Waals surface area contributed by atoms with E-state index < -0.39 is 0 Å². The minimum atomic E-state index is 0.681. The summed E-state index contributed by atoms with van der Waals surface area (Å²) in [6.45, 7) is 0. The molecule has 0 fully saturated rings. The Kier molecular flexibility index (Phi) is 2.35. The van der Waals surface area contributed by atoms with Crippen LogP contribution in [0, 0.1) is 12.3 Å². The molecule has 52 valence electrons. The van der Waals surface area contributed by atoms with E-state index in [4.69, 9.17) is 6.42 Å². The molecule has 0 aliphatic rings. The quantitative estimate of drug-likeness (QED) is 0.484. The van der Waals surface area contributed by atoms with Gasteiger partial charge >= 0.3 is 0 Å². The van der Waals surface area contributed by atoms with E-state index in [2.05, 4.69) is 34.0 Å². The SMILES string of the molecule is C#CCCc1nn[nH]c1S. The summed E-state index contributed by atoms with van der Waals surface area (Å²) in [5.41, 5.74) is 0.835. The van der Waals surface area contributed by atoms with E-state index in [-0.39, 0.29) is 0 Å². The monoisotopic (exact) mass is 153 g/mol. The third kappa shape index (κ3) is 1.52. The number of nitrogens with zero attached hydrogens (tertiary/aromatic N) is 2. The largest absolute Gasteiger partial charge is 0.252 e. The lowest BCUT2D eigenvalue weighted by Gasteiger charge is -1.87. The molecule has 0 amide bonds. The number of aromatic nitrogens is 3. The van der Waals surface area contributed by atoms with E-state index in [0.717, 1.165) is 12.1 Å². The summed E-state index contributed by atoms with van der Waals surface area (Å²) >= 11 is 4.07. The van der Waals surface area contributed by atoms with E-state index in [9.17, 15) is 0 Å². The van der Waals surface area contributed by atoms with Crippen LogP contribution >= 0.6 is 12.6 Å². The van der Waals surface area contributed by atoms with Gasteiger partial charge in [-0.2, -0.15) is 0 Å². The fraction of sp³-hybridized carbons (Fsp3) is 0.333. The summed E-state index contributed by atoms with van der Waals surface area (Å²) in [5.74, 6) is 2.52. The average molecular weight is 153 g/mol. The Balaban J connectivity index is 2.59. The second-order valence-electron chi connectivity index (χ2n) is 1.81. The third-order valence-corrected chi connectivity index (χ3v) is 1.46. The summed E-state index contributed by atoms with van der Waals surface area (Å²) in [6.07, 6.45) is 6.48. The van der Waals surface area contributed by atoms with Crippen LogP contribution in [0.3, 0.4) is 0 Å². The van der Waals surface area contributed by atoms with Crippen LogP contribution in [-0.2, 0) is 6.42 Å². The number of nitrogens with one attached hydrogen (secondary N) is 1. The van der Waals surface area contributed by atoms with Crippen molar-refractivity contribution in [2.75, 3.05) is 0 Å². The highest BCUT2D eigenvalue weighted by Gasteiger charge is 1.99. The molecule has 0 saturated carbocycles. The second kappa shape index (κ2) is 3.28. The van der Waals surface area contributed by atoms with Gasteiger partial charge in [0.15, 0.2) is 0 Å². The third-order valence-electron chi connectivity index (χ3n) is 1.11. The zero-order valence-corrected chi connectivity index (χ0v) is 6.23. The molecule has 0 aromatic carbocycles. The lowest BCUT2D eigenvalue weighted by molar-refractivity contribution is 0.890. The van der Waals surface area contributed by atoms with Crippen molar-refractivity contribution in [3.63, 3.8) is 0 Å². The molecule has 3 nitrogen and oxygen atoms in total. The van der Waals surface area contributed by atoms with Gasteiger partial charge in [-0.25, -0.2) is 0 Å². The van der Waals surface area contributed by atoms with Gasteiger partial charge in [0.1, 0.15) is 5.03 Å². The van der Waals surface area contributed by atoms with Crippen LogP contribution in [0.15, 0.2) is 5.03 Å². The lowest BCUT2D eigenvalue weighted by atomic mass is 10.3. The fourth-order valence-corrected chi connectivity index (χ4v) is 0.805. The highest BCUT2D eigenvalue weighted by Crippen LogP contribution is 2.06. The van der Waals surface area contributed by atoms with Gasteiger partial charge in [0.05, 0.1) is 5.69 Å². The molecule has 0 atom stereocenters. The molecule has 0 spiro atoms. The molecule has 0 bridgehead atoms. The topological polar surface area (TPSA) is 41.6 Å². The number of thiol groups is 1. The van der Waals surface area contributed by atoms with Crippen molar-refractivity contribution in [3.05, 3.63) is 5.69 Å². The van der Waals surface area contributed by atoms with Crippen LogP contribution in [0.25, 0.3) is 0 Å². The predicted octanol–water partition coefficient (Wildman–Crippen LogP) is 0.659. The van der Waals surface area contributed by atoms with Crippen LogP contribution in [0.1, 0.15) is 12.1 Å². The van der Waals surface area contributed by atoms with E-state index in [1.165, 1.54) is 0 Å². The summed E-state index contributed by atoms with van der Waals surface area (Å²) in [5, 5.41) is 10.6. The van der Waals surface area contributed by atoms with Crippen LogP contribution < -0.4 is 0 Å². The molecule has 0 radical (unpaired) electrons. The Morgan fingerprint density at radius 3 is 3.00 bits per heavy atom. The van der Waals surface area contributed by atoms with Crippen LogP contribution in [0.2, 0.25) is 0 Å². The van der Waals surface area contributed by atoms with Crippen molar-refractivity contribution in [1.82, 2.24) is 15.4 Å². The van der Waals surface area contributed by atoms with Crippen molar-refractivity contribution >= 4 is 12.6 Å². The highest BCUT2D eigenvalue weighted by molar-refractivity contribution is 7.80. The molecule has 0 unspecified atom stereocenters. The molecule has 0 aliphatic heterocycles.